The number of aromatic nitrogens is 2. The zero-order valence-electron chi connectivity index (χ0n) is 10.3. The highest BCUT2D eigenvalue weighted by atomic mass is 79.9. The first-order chi connectivity index (χ1) is 9.33. The molecule has 3 aromatic rings. The number of rotatable bonds is 3. The fraction of sp³-hybridized carbons (Fsp3) is 0.0625. The third-order valence-electron chi connectivity index (χ3n) is 2.99. The van der Waals surface area contributed by atoms with Crippen LogP contribution in [-0.4, -0.2) is 9.55 Å². The minimum absolute atomic E-state index is 0.821. The van der Waals surface area contributed by atoms with Crippen molar-refractivity contribution in [2.45, 2.75) is 6.54 Å². The number of hydrogen-bond acceptors (Lipinski definition) is 1. The molecule has 94 valence electrons. The molecule has 0 saturated heterocycles. The molecule has 0 N–H and O–H groups in total. The van der Waals surface area contributed by atoms with Gasteiger partial charge in [-0.1, -0.05) is 60.7 Å². The highest BCUT2D eigenvalue weighted by molar-refractivity contribution is 9.10. The van der Waals surface area contributed by atoms with Crippen LogP contribution in [-0.2, 0) is 6.54 Å². The molecular weight excluding hydrogens is 300 g/mol. The maximum Gasteiger partial charge on any atom is 0.177 e. The summed E-state index contributed by atoms with van der Waals surface area (Å²) in [5.74, 6) is 0. The summed E-state index contributed by atoms with van der Waals surface area (Å²) in [5, 5.41) is 0. The Morgan fingerprint density at radius 3 is 2.21 bits per heavy atom. The summed E-state index contributed by atoms with van der Waals surface area (Å²) in [4.78, 5) is 4.56. The number of nitrogens with zero attached hydrogens (tertiary/aromatic N) is 2. The van der Waals surface area contributed by atoms with Gasteiger partial charge in [0.1, 0.15) is 0 Å². The van der Waals surface area contributed by atoms with E-state index in [4.69, 9.17) is 0 Å². The van der Waals surface area contributed by atoms with E-state index >= 15 is 0 Å². The van der Waals surface area contributed by atoms with Crippen LogP contribution >= 0.6 is 15.9 Å². The number of hydrogen-bond donors (Lipinski definition) is 0. The van der Waals surface area contributed by atoms with Gasteiger partial charge in [0.15, 0.2) is 4.73 Å². The zero-order valence-corrected chi connectivity index (χ0v) is 11.9. The molecule has 0 radical (unpaired) electrons. The van der Waals surface area contributed by atoms with Gasteiger partial charge in [0, 0.05) is 18.3 Å². The van der Waals surface area contributed by atoms with Gasteiger partial charge in [-0.2, -0.15) is 0 Å². The van der Waals surface area contributed by atoms with E-state index in [1.54, 1.807) is 0 Å². The largest absolute Gasteiger partial charge is 0.321 e. The summed E-state index contributed by atoms with van der Waals surface area (Å²) in [6.45, 7) is 0.821. The summed E-state index contributed by atoms with van der Waals surface area (Å²) >= 11 is 3.52. The average molecular weight is 313 g/mol. The Morgan fingerprint density at radius 2 is 1.53 bits per heavy atom. The molecule has 19 heavy (non-hydrogen) atoms. The molecule has 0 fully saturated rings. The highest BCUT2D eigenvalue weighted by Crippen LogP contribution is 2.21. The fourth-order valence-corrected chi connectivity index (χ4v) is 2.45. The molecule has 0 aliphatic heterocycles. The van der Waals surface area contributed by atoms with Crippen LogP contribution in [0.1, 0.15) is 5.56 Å². The second-order valence-electron chi connectivity index (χ2n) is 4.37. The molecule has 3 heteroatoms. The van der Waals surface area contributed by atoms with Crippen molar-refractivity contribution in [2.24, 2.45) is 0 Å². The number of benzene rings is 2. The Kier molecular flexibility index (Phi) is 3.47. The van der Waals surface area contributed by atoms with E-state index < -0.39 is 0 Å². The first-order valence-corrected chi connectivity index (χ1v) is 6.94. The topological polar surface area (TPSA) is 17.8 Å². The smallest absolute Gasteiger partial charge is 0.177 e. The summed E-state index contributed by atoms with van der Waals surface area (Å²) in [6.07, 6.45) is 2.08. The lowest BCUT2D eigenvalue weighted by molar-refractivity contribution is 0.775. The van der Waals surface area contributed by atoms with Crippen molar-refractivity contribution in [2.75, 3.05) is 0 Å². The van der Waals surface area contributed by atoms with Crippen LogP contribution in [0.15, 0.2) is 71.6 Å². The van der Waals surface area contributed by atoms with Crippen LogP contribution in [0.3, 0.4) is 0 Å². The molecule has 3 rings (SSSR count). The van der Waals surface area contributed by atoms with Crippen LogP contribution in [0.2, 0.25) is 0 Å². The molecule has 0 saturated carbocycles. The molecule has 0 atom stereocenters. The van der Waals surface area contributed by atoms with Gasteiger partial charge in [0.25, 0.3) is 0 Å². The number of halogens is 1. The van der Waals surface area contributed by atoms with Crippen molar-refractivity contribution in [3.8, 4) is 11.3 Å². The lowest BCUT2D eigenvalue weighted by Crippen LogP contribution is -1.97. The van der Waals surface area contributed by atoms with Crippen LogP contribution in [0.5, 0.6) is 0 Å². The highest BCUT2D eigenvalue weighted by Gasteiger charge is 2.07. The van der Waals surface area contributed by atoms with Crippen molar-refractivity contribution in [3.63, 3.8) is 0 Å². The van der Waals surface area contributed by atoms with E-state index in [0.29, 0.717) is 0 Å². The minimum atomic E-state index is 0.821. The Morgan fingerprint density at radius 1 is 0.895 bits per heavy atom. The quantitative estimate of drug-likeness (QED) is 0.702. The van der Waals surface area contributed by atoms with Gasteiger partial charge in [-0.25, -0.2) is 4.98 Å². The Balaban J connectivity index is 1.90. The minimum Gasteiger partial charge on any atom is -0.321 e. The summed E-state index contributed by atoms with van der Waals surface area (Å²) in [6, 6.07) is 20.6. The number of imidazole rings is 1. The average Bonchev–Trinajstić information content (AvgIpc) is 2.82. The predicted octanol–water partition coefficient (Wildman–Crippen LogP) is 4.36. The van der Waals surface area contributed by atoms with E-state index in [2.05, 4.69) is 68.1 Å². The van der Waals surface area contributed by atoms with Gasteiger partial charge in [-0.3, -0.25) is 0 Å². The molecule has 0 unspecified atom stereocenters. The van der Waals surface area contributed by atoms with Crippen LogP contribution in [0.4, 0.5) is 0 Å². The van der Waals surface area contributed by atoms with Crippen LogP contribution < -0.4 is 0 Å². The molecule has 0 amide bonds. The van der Waals surface area contributed by atoms with Gasteiger partial charge < -0.3 is 4.57 Å². The standard InChI is InChI=1S/C16H13BrN2/c17-16-18-15(14-9-5-2-6-10-14)12-19(16)11-13-7-3-1-4-8-13/h1-10,12H,11H2. The first kappa shape index (κ1) is 12.2. The zero-order chi connectivity index (χ0) is 13.1. The predicted molar refractivity (Wildman–Crippen MR) is 80.9 cm³/mol. The van der Waals surface area contributed by atoms with E-state index in [-0.39, 0.29) is 0 Å². The van der Waals surface area contributed by atoms with Gasteiger partial charge in [0.2, 0.25) is 0 Å². The van der Waals surface area contributed by atoms with Gasteiger partial charge in [-0.05, 0) is 21.5 Å². The van der Waals surface area contributed by atoms with E-state index in [0.717, 1.165) is 22.5 Å². The Hall–Kier alpha value is -1.87. The SMILES string of the molecule is Brc1nc(-c2ccccc2)cn1Cc1ccccc1. The van der Waals surface area contributed by atoms with Gasteiger partial charge >= 0.3 is 0 Å². The van der Waals surface area contributed by atoms with Gasteiger partial charge in [-0.15, -0.1) is 0 Å². The Bertz CT molecular complexity index is 660. The molecule has 1 aromatic heterocycles. The van der Waals surface area contributed by atoms with Gasteiger partial charge in [0.05, 0.1) is 5.69 Å². The Labute approximate surface area is 120 Å². The lowest BCUT2D eigenvalue weighted by atomic mass is 10.2. The van der Waals surface area contributed by atoms with Crippen LogP contribution in [0.25, 0.3) is 11.3 Å². The second kappa shape index (κ2) is 5.41. The molecule has 0 spiro atoms. The molecule has 0 bridgehead atoms. The van der Waals surface area contributed by atoms with Crippen molar-refractivity contribution < 1.29 is 0 Å². The fourth-order valence-electron chi connectivity index (χ4n) is 2.03. The summed E-state index contributed by atoms with van der Waals surface area (Å²) in [7, 11) is 0. The maximum absolute atomic E-state index is 4.56. The maximum atomic E-state index is 4.56. The molecule has 0 aliphatic carbocycles. The van der Waals surface area contributed by atoms with Crippen molar-refractivity contribution >= 4 is 15.9 Å². The van der Waals surface area contributed by atoms with Crippen molar-refractivity contribution in [3.05, 3.63) is 77.2 Å². The molecule has 1 heterocycles. The summed E-state index contributed by atoms with van der Waals surface area (Å²) in [5.41, 5.74) is 3.39. The van der Waals surface area contributed by atoms with Crippen molar-refractivity contribution in [1.82, 2.24) is 9.55 Å². The monoisotopic (exact) mass is 312 g/mol. The third-order valence-corrected chi connectivity index (χ3v) is 3.63. The lowest BCUT2D eigenvalue weighted by Gasteiger charge is -2.03. The molecule has 2 nitrogen and oxygen atoms in total. The summed E-state index contributed by atoms with van der Waals surface area (Å²) < 4.78 is 2.97. The van der Waals surface area contributed by atoms with E-state index in [1.807, 2.05) is 24.3 Å². The van der Waals surface area contributed by atoms with Crippen molar-refractivity contribution in [1.29, 1.82) is 0 Å². The first-order valence-electron chi connectivity index (χ1n) is 6.15. The normalized spacial score (nSPS) is 10.6. The molecule has 0 aliphatic rings. The molecular formula is C16H13BrN2. The van der Waals surface area contributed by atoms with E-state index in [1.165, 1.54) is 5.56 Å². The third kappa shape index (κ3) is 2.76. The second-order valence-corrected chi connectivity index (χ2v) is 5.08. The molecule has 2 aromatic carbocycles. The van der Waals surface area contributed by atoms with Crippen LogP contribution in [0, 0.1) is 0 Å². The van der Waals surface area contributed by atoms with E-state index in [9.17, 15) is 0 Å².